The van der Waals surface area contributed by atoms with Gasteiger partial charge in [0.1, 0.15) is 6.54 Å². The molecule has 1 saturated heterocycles. The molecule has 0 bridgehead atoms. The number of carboxylic acid groups (broad SMARTS) is 1. The first kappa shape index (κ1) is 16.9. The van der Waals surface area contributed by atoms with Crippen molar-refractivity contribution in [2.24, 2.45) is 5.92 Å². The fraction of sp³-hybridized carbons (Fsp3) is 0.818. The normalized spacial score (nSPS) is 22.8. The molecule has 0 aromatic carbocycles. The van der Waals surface area contributed by atoms with Gasteiger partial charge in [-0.1, -0.05) is 13.8 Å². The quantitative estimate of drug-likeness (QED) is 0.549. The van der Waals surface area contributed by atoms with Gasteiger partial charge in [0.15, 0.2) is 0 Å². The van der Waals surface area contributed by atoms with E-state index in [1.165, 1.54) is 4.90 Å². The first-order valence-electron chi connectivity index (χ1n) is 5.55. The minimum Gasteiger partial charge on any atom is -0.480 e. The fourth-order valence-corrected chi connectivity index (χ4v) is 2.07. The summed E-state index contributed by atoms with van der Waals surface area (Å²) in [5, 5.41) is 12.0. The van der Waals surface area contributed by atoms with Crippen molar-refractivity contribution in [1.29, 1.82) is 0 Å². The molecule has 1 heterocycles. The van der Waals surface area contributed by atoms with Gasteiger partial charge in [0.25, 0.3) is 0 Å². The van der Waals surface area contributed by atoms with Gasteiger partial charge in [-0.25, -0.2) is 0 Å². The maximum absolute atomic E-state index is 12.0. The van der Waals surface area contributed by atoms with Gasteiger partial charge in [0.05, 0.1) is 11.7 Å². The van der Waals surface area contributed by atoms with Crippen molar-refractivity contribution in [2.75, 3.05) is 6.54 Å². The molecule has 0 spiro atoms. The maximum atomic E-state index is 12.0. The van der Waals surface area contributed by atoms with Crippen molar-refractivity contribution >= 4 is 11.9 Å². The third-order valence-corrected chi connectivity index (χ3v) is 2.77. The zero-order chi connectivity index (χ0) is 12.5. The maximum Gasteiger partial charge on any atom is 1.00 e. The van der Waals surface area contributed by atoms with Crippen LogP contribution in [0.5, 0.6) is 0 Å². The molecular formula is C11H20N2NaO3+. The second-order valence-electron chi connectivity index (χ2n) is 5.20. The Morgan fingerprint density at radius 3 is 2.47 bits per heavy atom. The average molecular weight is 251 g/mol. The molecule has 2 N–H and O–H groups in total. The van der Waals surface area contributed by atoms with Gasteiger partial charge in [0, 0.05) is 0 Å². The number of hydrogen-bond acceptors (Lipinski definition) is 3. The molecule has 17 heavy (non-hydrogen) atoms. The standard InChI is InChI=1S/C11H20N2O3.Na/c1-7(2)5-8-10(16)13(6-9(14)15)11(3,4)12-8;/h7-8,12H,5-6H2,1-4H3,(H,14,15);/q;+1. The second-order valence-corrected chi connectivity index (χ2v) is 5.20. The molecule has 0 radical (unpaired) electrons. The Bertz CT molecular complexity index is 305. The van der Waals surface area contributed by atoms with Crippen LogP contribution in [0, 0.1) is 5.92 Å². The predicted molar refractivity (Wildman–Crippen MR) is 59.8 cm³/mol. The predicted octanol–water partition coefficient (Wildman–Crippen LogP) is -2.34. The summed E-state index contributed by atoms with van der Waals surface area (Å²) >= 11 is 0. The van der Waals surface area contributed by atoms with Crippen molar-refractivity contribution in [3.63, 3.8) is 0 Å². The average Bonchev–Trinajstić information content (AvgIpc) is 2.27. The van der Waals surface area contributed by atoms with Gasteiger partial charge in [-0.2, -0.15) is 0 Å². The molecule has 1 aliphatic heterocycles. The van der Waals surface area contributed by atoms with Crippen molar-refractivity contribution in [2.45, 2.75) is 45.8 Å². The van der Waals surface area contributed by atoms with Crippen LogP contribution in [0.2, 0.25) is 0 Å². The molecule has 1 rings (SSSR count). The van der Waals surface area contributed by atoms with Crippen LogP contribution in [-0.2, 0) is 9.59 Å². The molecule has 0 aliphatic carbocycles. The van der Waals surface area contributed by atoms with Gasteiger partial charge in [-0.15, -0.1) is 0 Å². The molecular weight excluding hydrogens is 231 g/mol. The molecule has 1 atom stereocenters. The molecule has 1 fully saturated rings. The van der Waals surface area contributed by atoms with Crippen molar-refractivity contribution in [3.8, 4) is 0 Å². The van der Waals surface area contributed by atoms with Gasteiger partial charge >= 0.3 is 35.5 Å². The van der Waals surface area contributed by atoms with Crippen LogP contribution in [0.4, 0.5) is 0 Å². The number of nitrogens with one attached hydrogen (secondary N) is 1. The Morgan fingerprint density at radius 2 is 2.06 bits per heavy atom. The van der Waals surface area contributed by atoms with Crippen molar-refractivity contribution in [1.82, 2.24) is 10.2 Å². The molecule has 1 amide bonds. The van der Waals surface area contributed by atoms with E-state index in [1.54, 1.807) is 0 Å². The van der Waals surface area contributed by atoms with Crippen LogP contribution in [0.25, 0.3) is 0 Å². The van der Waals surface area contributed by atoms with Crippen LogP contribution in [0.15, 0.2) is 0 Å². The summed E-state index contributed by atoms with van der Waals surface area (Å²) in [4.78, 5) is 24.1. The van der Waals surface area contributed by atoms with E-state index in [2.05, 4.69) is 5.32 Å². The van der Waals surface area contributed by atoms with Gasteiger partial charge in [-0.3, -0.25) is 14.9 Å². The van der Waals surface area contributed by atoms with E-state index in [4.69, 9.17) is 5.11 Å². The minimum atomic E-state index is -0.978. The summed E-state index contributed by atoms with van der Waals surface area (Å²) in [6.45, 7) is 7.50. The molecule has 0 aromatic rings. The molecule has 92 valence electrons. The number of carbonyl (C=O) groups is 2. The Labute approximate surface area is 124 Å². The number of carboxylic acids is 1. The topological polar surface area (TPSA) is 69.6 Å². The van der Waals surface area contributed by atoms with E-state index in [-0.39, 0.29) is 48.1 Å². The fourth-order valence-electron chi connectivity index (χ4n) is 2.07. The first-order valence-corrected chi connectivity index (χ1v) is 5.55. The van der Waals surface area contributed by atoms with Crippen LogP contribution >= 0.6 is 0 Å². The van der Waals surface area contributed by atoms with Crippen LogP contribution in [0.1, 0.15) is 34.1 Å². The summed E-state index contributed by atoms with van der Waals surface area (Å²) in [6.07, 6.45) is 0.735. The van der Waals surface area contributed by atoms with E-state index in [1.807, 2.05) is 27.7 Å². The third kappa shape index (κ3) is 4.25. The van der Waals surface area contributed by atoms with Crippen molar-refractivity contribution < 1.29 is 44.3 Å². The monoisotopic (exact) mass is 251 g/mol. The molecule has 1 aliphatic rings. The number of aliphatic carboxylic acids is 1. The molecule has 0 saturated carbocycles. The zero-order valence-electron chi connectivity index (χ0n) is 11.3. The molecule has 6 heteroatoms. The van der Waals surface area contributed by atoms with Crippen LogP contribution in [-0.4, -0.2) is 40.1 Å². The SMILES string of the molecule is CC(C)CC1NC(C)(C)N(CC(=O)O)C1=O.[Na+]. The van der Waals surface area contributed by atoms with Gasteiger partial charge < -0.3 is 10.0 Å². The van der Waals surface area contributed by atoms with Gasteiger partial charge in [0.2, 0.25) is 5.91 Å². The summed E-state index contributed by atoms with van der Waals surface area (Å²) in [5.41, 5.74) is -0.574. The van der Waals surface area contributed by atoms with E-state index in [0.717, 1.165) is 6.42 Å². The molecule has 1 unspecified atom stereocenters. The Balaban J connectivity index is 0.00000256. The van der Waals surface area contributed by atoms with Gasteiger partial charge in [-0.05, 0) is 26.2 Å². The second kappa shape index (κ2) is 6.18. The number of carbonyl (C=O) groups excluding carboxylic acids is 1. The summed E-state index contributed by atoms with van der Waals surface area (Å²) in [5.74, 6) is -0.684. The van der Waals surface area contributed by atoms with E-state index >= 15 is 0 Å². The number of hydrogen-bond donors (Lipinski definition) is 2. The first-order chi connectivity index (χ1) is 7.24. The largest absolute Gasteiger partial charge is 1.00 e. The molecule has 5 nitrogen and oxygen atoms in total. The van der Waals surface area contributed by atoms with Crippen LogP contribution in [0.3, 0.4) is 0 Å². The van der Waals surface area contributed by atoms with E-state index in [9.17, 15) is 9.59 Å². The summed E-state index contributed by atoms with van der Waals surface area (Å²) in [7, 11) is 0. The van der Waals surface area contributed by atoms with Crippen molar-refractivity contribution in [3.05, 3.63) is 0 Å². The Kier molecular flexibility index (Phi) is 6.14. The zero-order valence-corrected chi connectivity index (χ0v) is 13.3. The smallest absolute Gasteiger partial charge is 0.480 e. The third-order valence-electron chi connectivity index (χ3n) is 2.77. The summed E-state index contributed by atoms with van der Waals surface area (Å²) < 4.78 is 0. The Morgan fingerprint density at radius 1 is 1.53 bits per heavy atom. The number of nitrogens with zero attached hydrogens (tertiary/aromatic N) is 1. The van der Waals surface area contributed by atoms with E-state index in [0.29, 0.717) is 5.92 Å². The summed E-state index contributed by atoms with van der Waals surface area (Å²) in [6, 6.07) is -0.255. The number of amides is 1. The minimum absolute atomic E-state index is 0. The molecule has 0 aromatic heterocycles. The van der Waals surface area contributed by atoms with E-state index < -0.39 is 11.6 Å². The number of rotatable bonds is 4. The van der Waals surface area contributed by atoms with Crippen LogP contribution < -0.4 is 34.9 Å². The Hall–Kier alpha value is -0.100.